The smallest absolute Gasteiger partial charge is 0.207 e. The van der Waals surface area contributed by atoms with Crippen molar-refractivity contribution in [3.05, 3.63) is 84.9 Å². The van der Waals surface area contributed by atoms with Gasteiger partial charge >= 0.3 is 0 Å². The van der Waals surface area contributed by atoms with E-state index in [4.69, 9.17) is 10.7 Å². The van der Waals surface area contributed by atoms with Gasteiger partial charge in [-0.2, -0.15) is 0 Å². The van der Waals surface area contributed by atoms with Crippen molar-refractivity contribution >= 4 is 30.6 Å². The molecule has 0 heterocycles. The highest BCUT2D eigenvalue weighted by Crippen LogP contribution is 2.31. The van der Waals surface area contributed by atoms with Gasteiger partial charge in [-0.15, -0.1) is 0 Å². The zero-order valence-electron chi connectivity index (χ0n) is 12.1. The standard InChI is InChI=1S/C18H14ClO2S2/c19-23(20,21)18-13-11-17(12-14-18)22(15-7-3-1-4-8-15)16-9-5-2-6-10-16/h1-14H/q+1. The Hall–Kier alpha value is -1.75. The third-order valence-electron chi connectivity index (χ3n) is 3.30. The van der Waals surface area contributed by atoms with Crippen molar-refractivity contribution in [1.82, 2.24) is 0 Å². The van der Waals surface area contributed by atoms with Crippen molar-refractivity contribution in [2.24, 2.45) is 0 Å². The number of benzene rings is 3. The number of hydrogen-bond donors (Lipinski definition) is 0. The van der Waals surface area contributed by atoms with Crippen LogP contribution in [0.15, 0.2) is 105 Å². The average Bonchev–Trinajstić information content (AvgIpc) is 2.57. The monoisotopic (exact) mass is 361 g/mol. The molecule has 23 heavy (non-hydrogen) atoms. The first-order valence-electron chi connectivity index (χ1n) is 6.95. The first-order valence-corrected chi connectivity index (χ1v) is 10.5. The van der Waals surface area contributed by atoms with Crippen LogP contribution in [-0.4, -0.2) is 8.42 Å². The number of rotatable bonds is 4. The molecule has 3 aromatic rings. The van der Waals surface area contributed by atoms with Crippen LogP contribution in [0, 0.1) is 0 Å². The summed E-state index contributed by atoms with van der Waals surface area (Å²) in [7, 11) is 1.41. The molecule has 2 nitrogen and oxygen atoms in total. The van der Waals surface area contributed by atoms with E-state index in [1.54, 1.807) is 12.1 Å². The molecule has 116 valence electrons. The summed E-state index contributed by atoms with van der Waals surface area (Å²) < 4.78 is 22.8. The molecule has 0 atom stereocenters. The van der Waals surface area contributed by atoms with E-state index >= 15 is 0 Å². The topological polar surface area (TPSA) is 34.1 Å². The molecule has 0 fully saturated rings. The Kier molecular flexibility index (Phi) is 4.76. The molecule has 0 N–H and O–H groups in total. The van der Waals surface area contributed by atoms with Crippen LogP contribution in [0.25, 0.3) is 0 Å². The summed E-state index contributed by atoms with van der Waals surface area (Å²) in [6, 6.07) is 27.1. The van der Waals surface area contributed by atoms with E-state index in [9.17, 15) is 8.42 Å². The molecule has 0 spiro atoms. The Morgan fingerprint density at radius 1 is 0.609 bits per heavy atom. The van der Waals surface area contributed by atoms with Crippen molar-refractivity contribution in [2.45, 2.75) is 19.6 Å². The van der Waals surface area contributed by atoms with Crippen LogP contribution in [0.1, 0.15) is 0 Å². The highest BCUT2D eigenvalue weighted by atomic mass is 35.7. The molecular formula is C18H14ClO2S2+. The van der Waals surface area contributed by atoms with Gasteiger partial charge in [0.1, 0.15) is 0 Å². The minimum Gasteiger partial charge on any atom is -0.207 e. The van der Waals surface area contributed by atoms with Crippen molar-refractivity contribution in [2.75, 3.05) is 0 Å². The van der Waals surface area contributed by atoms with Gasteiger partial charge in [-0.25, -0.2) is 8.42 Å². The molecule has 0 aliphatic heterocycles. The van der Waals surface area contributed by atoms with Crippen LogP contribution in [0.3, 0.4) is 0 Å². The molecule has 0 aliphatic carbocycles. The second-order valence-corrected chi connectivity index (χ2v) is 9.43. The van der Waals surface area contributed by atoms with Gasteiger partial charge in [0.2, 0.25) is 0 Å². The Bertz CT molecular complexity index is 838. The Labute approximate surface area is 143 Å². The van der Waals surface area contributed by atoms with Gasteiger partial charge in [0.25, 0.3) is 9.05 Å². The molecule has 3 rings (SSSR count). The molecular weight excluding hydrogens is 348 g/mol. The van der Waals surface area contributed by atoms with Gasteiger partial charge in [-0.05, 0) is 48.5 Å². The highest BCUT2D eigenvalue weighted by molar-refractivity contribution is 8.13. The maximum absolute atomic E-state index is 11.4. The molecule has 0 amide bonds. The second-order valence-electron chi connectivity index (χ2n) is 4.84. The van der Waals surface area contributed by atoms with Crippen LogP contribution in [0.2, 0.25) is 0 Å². The fourth-order valence-corrected chi connectivity index (χ4v) is 5.11. The summed E-state index contributed by atoms with van der Waals surface area (Å²) >= 11 is 0. The third-order valence-corrected chi connectivity index (χ3v) is 6.90. The predicted octanol–water partition coefficient (Wildman–Crippen LogP) is 4.71. The molecule has 0 aromatic heterocycles. The summed E-state index contributed by atoms with van der Waals surface area (Å²) in [4.78, 5) is 3.53. The normalized spacial score (nSPS) is 11.6. The van der Waals surface area contributed by atoms with Crippen molar-refractivity contribution in [3.63, 3.8) is 0 Å². The zero-order chi connectivity index (χ0) is 16.3. The molecule has 0 bridgehead atoms. The van der Waals surface area contributed by atoms with E-state index in [1.165, 1.54) is 9.79 Å². The molecule has 0 aliphatic rings. The average molecular weight is 362 g/mol. The molecule has 3 aromatic carbocycles. The highest BCUT2D eigenvalue weighted by Gasteiger charge is 2.28. The summed E-state index contributed by atoms with van der Waals surface area (Å²) in [5.41, 5.74) is 0. The SMILES string of the molecule is O=S(=O)(Cl)c1ccc([S+](c2ccccc2)c2ccccc2)cc1. The van der Waals surface area contributed by atoms with E-state index in [0.717, 1.165) is 4.90 Å². The van der Waals surface area contributed by atoms with Crippen LogP contribution < -0.4 is 0 Å². The Morgan fingerprint density at radius 3 is 1.39 bits per heavy atom. The molecule has 0 unspecified atom stereocenters. The van der Waals surface area contributed by atoms with E-state index in [2.05, 4.69) is 24.3 Å². The molecule has 5 heteroatoms. The van der Waals surface area contributed by atoms with Gasteiger partial charge < -0.3 is 0 Å². The summed E-state index contributed by atoms with van der Waals surface area (Å²) in [6.45, 7) is 0. The van der Waals surface area contributed by atoms with Gasteiger partial charge in [0.15, 0.2) is 14.7 Å². The van der Waals surface area contributed by atoms with Crippen molar-refractivity contribution < 1.29 is 8.42 Å². The fraction of sp³-hybridized carbons (Fsp3) is 0. The Balaban J connectivity index is 2.09. The minimum absolute atomic E-state index is 0.118. The zero-order valence-corrected chi connectivity index (χ0v) is 14.5. The van der Waals surface area contributed by atoms with E-state index in [-0.39, 0.29) is 15.8 Å². The number of halogens is 1. The summed E-state index contributed by atoms with van der Waals surface area (Å²) in [5.74, 6) is 0. The first-order chi connectivity index (χ1) is 11.1. The number of hydrogen-bond acceptors (Lipinski definition) is 2. The lowest BCUT2D eigenvalue weighted by Crippen LogP contribution is -2.04. The molecule has 0 saturated heterocycles. The van der Waals surface area contributed by atoms with E-state index in [1.807, 2.05) is 48.5 Å². The summed E-state index contributed by atoms with van der Waals surface area (Å²) in [6.07, 6.45) is 0. The second kappa shape index (κ2) is 6.79. The largest absolute Gasteiger partial charge is 0.261 e. The van der Waals surface area contributed by atoms with Gasteiger partial charge in [0, 0.05) is 10.7 Å². The van der Waals surface area contributed by atoms with Crippen LogP contribution in [0.5, 0.6) is 0 Å². The third kappa shape index (κ3) is 3.78. The predicted molar refractivity (Wildman–Crippen MR) is 94.5 cm³/mol. The first kappa shape index (κ1) is 16.1. The van der Waals surface area contributed by atoms with Crippen LogP contribution >= 0.6 is 10.7 Å². The van der Waals surface area contributed by atoms with Crippen LogP contribution in [-0.2, 0) is 19.9 Å². The van der Waals surface area contributed by atoms with Gasteiger partial charge in [-0.3, -0.25) is 0 Å². The Morgan fingerprint density at radius 2 is 1.00 bits per heavy atom. The maximum Gasteiger partial charge on any atom is 0.261 e. The lowest BCUT2D eigenvalue weighted by atomic mass is 10.4. The van der Waals surface area contributed by atoms with Gasteiger partial charge in [0.05, 0.1) is 15.8 Å². The fourth-order valence-electron chi connectivity index (χ4n) is 2.26. The van der Waals surface area contributed by atoms with E-state index in [0.29, 0.717) is 0 Å². The molecule has 0 saturated carbocycles. The van der Waals surface area contributed by atoms with Crippen LogP contribution in [0.4, 0.5) is 0 Å². The quantitative estimate of drug-likeness (QED) is 0.498. The van der Waals surface area contributed by atoms with Crippen molar-refractivity contribution in [1.29, 1.82) is 0 Å². The van der Waals surface area contributed by atoms with E-state index < -0.39 is 9.05 Å². The summed E-state index contributed by atoms with van der Waals surface area (Å²) in [5, 5.41) is 0. The molecule has 0 radical (unpaired) electrons. The van der Waals surface area contributed by atoms with Crippen molar-refractivity contribution in [3.8, 4) is 0 Å². The minimum atomic E-state index is -3.70. The maximum atomic E-state index is 11.4. The lowest BCUT2D eigenvalue weighted by Gasteiger charge is -2.08. The van der Waals surface area contributed by atoms with Gasteiger partial charge in [-0.1, -0.05) is 36.4 Å². The lowest BCUT2D eigenvalue weighted by molar-refractivity contribution is 0.609.